The van der Waals surface area contributed by atoms with Gasteiger partial charge in [-0.3, -0.25) is 9.59 Å². The van der Waals surface area contributed by atoms with Crippen molar-refractivity contribution < 1.29 is 19.4 Å². The van der Waals surface area contributed by atoms with E-state index in [4.69, 9.17) is 4.74 Å². The zero-order valence-corrected chi connectivity index (χ0v) is 11.8. The van der Waals surface area contributed by atoms with Gasteiger partial charge in [-0.05, 0) is 12.8 Å². The maximum absolute atomic E-state index is 12.1. The first kappa shape index (κ1) is 13.1. The summed E-state index contributed by atoms with van der Waals surface area (Å²) in [5, 5.41) is 10.3. The molecule has 0 aromatic rings. The molecular weight excluding hydrogens is 244 g/mol. The van der Waals surface area contributed by atoms with Crippen molar-refractivity contribution in [3.05, 3.63) is 0 Å². The van der Waals surface area contributed by atoms with Crippen molar-refractivity contribution in [2.75, 3.05) is 0 Å². The van der Waals surface area contributed by atoms with Gasteiger partial charge in [0.2, 0.25) is 0 Å². The second-order valence-electron chi connectivity index (χ2n) is 6.90. The van der Waals surface area contributed by atoms with Crippen molar-refractivity contribution in [3.63, 3.8) is 0 Å². The Bertz CT molecular complexity index is 432. The summed E-state index contributed by atoms with van der Waals surface area (Å²) >= 11 is 0. The van der Waals surface area contributed by atoms with Crippen LogP contribution in [0.2, 0.25) is 0 Å². The third kappa shape index (κ3) is 1.62. The predicted octanol–water partition coefficient (Wildman–Crippen LogP) is 1.55. The number of ketones is 1. The van der Waals surface area contributed by atoms with Gasteiger partial charge in [0.25, 0.3) is 0 Å². The number of aliphatic hydroxyl groups is 1. The van der Waals surface area contributed by atoms with Crippen LogP contribution in [0.25, 0.3) is 0 Å². The number of carbonyl (C=O) groups excluding carboxylic acids is 2. The molecule has 0 aromatic carbocycles. The van der Waals surface area contributed by atoms with Crippen molar-refractivity contribution in [1.29, 1.82) is 0 Å². The fourth-order valence-corrected chi connectivity index (χ4v) is 4.62. The summed E-state index contributed by atoms with van der Waals surface area (Å²) in [5.74, 6) is -0.0528. The normalized spacial score (nSPS) is 53.5. The summed E-state index contributed by atoms with van der Waals surface area (Å²) in [5.41, 5.74) is -0.293. The van der Waals surface area contributed by atoms with E-state index in [1.54, 1.807) is 0 Å². The van der Waals surface area contributed by atoms with E-state index in [9.17, 15) is 14.7 Å². The van der Waals surface area contributed by atoms with E-state index < -0.39 is 6.10 Å². The Hall–Kier alpha value is -0.900. The molecule has 0 amide bonds. The van der Waals surface area contributed by atoms with Crippen LogP contribution in [0.4, 0.5) is 0 Å². The van der Waals surface area contributed by atoms with E-state index in [2.05, 4.69) is 6.92 Å². The van der Waals surface area contributed by atoms with E-state index in [0.717, 1.165) is 12.8 Å². The largest absolute Gasteiger partial charge is 0.461 e. The Morgan fingerprint density at radius 3 is 2.63 bits per heavy atom. The Morgan fingerprint density at radius 1 is 1.26 bits per heavy atom. The minimum absolute atomic E-state index is 0.0311. The summed E-state index contributed by atoms with van der Waals surface area (Å²) in [7, 11) is 0. The van der Waals surface area contributed by atoms with Crippen LogP contribution >= 0.6 is 0 Å². The quantitative estimate of drug-likeness (QED) is 0.676. The van der Waals surface area contributed by atoms with E-state index in [-0.39, 0.29) is 53.4 Å². The number of rotatable bonds is 0. The average molecular weight is 266 g/mol. The minimum Gasteiger partial charge on any atom is -0.461 e. The summed E-state index contributed by atoms with van der Waals surface area (Å²) < 4.78 is 5.58. The molecule has 1 N–H and O–H groups in total. The highest BCUT2D eigenvalue weighted by Gasteiger charge is 2.61. The molecule has 0 unspecified atom stereocenters. The zero-order valence-electron chi connectivity index (χ0n) is 11.8. The first-order chi connectivity index (χ1) is 8.86. The molecule has 0 bridgehead atoms. The topological polar surface area (TPSA) is 63.6 Å². The van der Waals surface area contributed by atoms with Crippen molar-refractivity contribution in [3.8, 4) is 0 Å². The van der Waals surface area contributed by atoms with Crippen molar-refractivity contribution in [2.24, 2.45) is 29.1 Å². The molecule has 7 atom stereocenters. The zero-order chi connectivity index (χ0) is 13.9. The van der Waals surface area contributed by atoms with Gasteiger partial charge >= 0.3 is 5.97 Å². The molecule has 0 spiro atoms. The van der Waals surface area contributed by atoms with E-state index in [1.807, 2.05) is 13.8 Å². The lowest BCUT2D eigenvalue weighted by Gasteiger charge is -2.53. The highest BCUT2D eigenvalue weighted by atomic mass is 16.6. The van der Waals surface area contributed by atoms with E-state index in [1.165, 1.54) is 0 Å². The number of carbonyl (C=O) groups is 2. The summed E-state index contributed by atoms with van der Waals surface area (Å²) in [6, 6.07) is 0. The number of Topliss-reactive ketones (excluding diaryl/α,β-unsaturated/α-hetero) is 1. The maximum atomic E-state index is 12.1. The van der Waals surface area contributed by atoms with Gasteiger partial charge in [0, 0.05) is 29.6 Å². The minimum atomic E-state index is -0.600. The van der Waals surface area contributed by atoms with Gasteiger partial charge in [0.15, 0.2) is 0 Å². The fraction of sp³-hybridized carbons (Fsp3) is 0.867. The van der Waals surface area contributed by atoms with Crippen LogP contribution < -0.4 is 0 Å². The molecule has 1 aliphatic heterocycles. The van der Waals surface area contributed by atoms with Gasteiger partial charge in [-0.1, -0.05) is 20.8 Å². The SMILES string of the molecule is C[C@@H]1C(=O)O[C@H]2[C@H]1CC[C@]1(C)[C@@H]2[C@H](C)C(=O)C[C@H]1O. The number of esters is 1. The lowest BCUT2D eigenvalue weighted by atomic mass is 9.52. The van der Waals surface area contributed by atoms with Gasteiger partial charge in [0.05, 0.1) is 12.0 Å². The van der Waals surface area contributed by atoms with Crippen LogP contribution in [0.1, 0.15) is 40.0 Å². The van der Waals surface area contributed by atoms with Gasteiger partial charge in [-0.15, -0.1) is 0 Å². The highest BCUT2D eigenvalue weighted by molar-refractivity contribution is 5.83. The number of ether oxygens (including phenoxy) is 1. The van der Waals surface area contributed by atoms with Crippen LogP contribution in [0, 0.1) is 29.1 Å². The molecule has 0 radical (unpaired) electrons. The van der Waals surface area contributed by atoms with Gasteiger partial charge in [-0.2, -0.15) is 0 Å². The van der Waals surface area contributed by atoms with Crippen LogP contribution in [0.15, 0.2) is 0 Å². The highest BCUT2D eigenvalue weighted by Crippen LogP contribution is 2.56. The predicted molar refractivity (Wildman–Crippen MR) is 68.2 cm³/mol. The molecule has 4 heteroatoms. The molecule has 1 saturated heterocycles. The van der Waals surface area contributed by atoms with E-state index in [0.29, 0.717) is 0 Å². The number of fused-ring (bicyclic) bond motifs is 3. The van der Waals surface area contributed by atoms with Crippen molar-refractivity contribution in [2.45, 2.75) is 52.2 Å². The molecule has 3 aliphatic rings. The third-order valence-electron chi connectivity index (χ3n) is 6.02. The Morgan fingerprint density at radius 2 is 1.95 bits per heavy atom. The van der Waals surface area contributed by atoms with Gasteiger partial charge in [-0.25, -0.2) is 0 Å². The second-order valence-corrected chi connectivity index (χ2v) is 6.90. The standard InChI is InChI=1S/C15H22O4/c1-7-9-4-5-15(3)11(17)6-10(16)8(2)12(15)13(9)19-14(7)18/h7-9,11-13,17H,4-6H2,1-3H3/t7-,8+,9-,11+,12+,13-,15-/m0/s1. The summed E-state index contributed by atoms with van der Waals surface area (Å²) in [6.45, 7) is 5.90. The Kier molecular flexibility index (Phi) is 2.79. The Balaban J connectivity index is 1.99. The molecule has 106 valence electrons. The van der Waals surface area contributed by atoms with Gasteiger partial charge in [0.1, 0.15) is 11.9 Å². The first-order valence-corrected chi connectivity index (χ1v) is 7.27. The van der Waals surface area contributed by atoms with Crippen LogP contribution in [-0.4, -0.2) is 29.1 Å². The molecule has 2 aliphatic carbocycles. The van der Waals surface area contributed by atoms with Crippen molar-refractivity contribution in [1.82, 2.24) is 0 Å². The van der Waals surface area contributed by atoms with Crippen molar-refractivity contribution >= 4 is 11.8 Å². The molecule has 0 aromatic heterocycles. The van der Waals surface area contributed by atoms with Crippen LogP contribution in [-0.2, 0) is 14.3 Å². The molecule has 19 heavy (non-hydrogen) atoms. The lowest BCUT2D eigenvalue weighted by Crippen LogP contribution is -2.58. The Labute approximate surface area is 113 Å². The summed E-state index contributed by atoms with van der Waals surface area (Å²) in [4.78, 5) is 23.9. The smallest absolute Gasteiger partial charge is 0.309 e. The monoisotopic (exact) mass is 266 g/mol. The lowest BCUT2D eigenvalue weighted by molar-refractivity contribution is -0.173. The van der Waals surface area contributed by atoms with Crippen LogP contribution in [0.5, 0.6) is 0 Å². The van der Waals surface area contributed by atoms with Crippen LogP contribution in [0.3, 0.4) is 0 Å². The summed E-state index contributed by atoms with van der Waals surface area (Å²) in [6.07, 6.45) is 1.24. The first-order valence-electron chi connectivity index (χ1n) is 7.27. The molecule has 4 nitrogen and oxygen atoms in total. The molecule has 2 saturated carbocycles. The van der Waals surface area contributed by atoms with Gasteiger partial charge < -0.3 is 9.84 Å². The molecule has 3 fully saturated rings. The average Bonchev–Trinajstić information content (AvgIpc) is 2.63. The van der Waals surface area contributed by atoms with E-state index >= 15 is 0 Å². The molecular formula is C15H22O4. The maximum Gasteiger partial charge on any atom is 0.309 e. The fourth-order valence-electron chi connectivity index (χ4n) is 4.62. The molecule has 3 rings (SSSR count). The third-order valence-corrected chi connectivity index (χ3v) is 6.02. The number of aliphatic hydroxyl groups excluding tert-OH is 1. The number of hydrogen-bond acceptors (Lipinski definition) is 4. The number of hydrogen-bond donors (Lipinski definition) is 1. The second kappa shape index (κ2) is 4.05. The molecule has 1 heterocycles.